The van der Waals surface area contributed by atoms with Crippen LogP contribution in [0.25, 0.3) is 0 Å². The number of amides is 1. The van der Waals surface area contributed by atoms with Crippen LogP contribution in [0.4, 0.5) is 32.0 Å². The van der Waals surface area contributed by atoms with Crippen LogP contribution in [0.1, 0.15) is 23.1 Å². The van der Waals surface area contributed by atoms with E-state index >= 15 is 0 Å². The number of nitrogen functional groups attached to an aromatic ring is 1. The second-order valence-electron chi connectivity index (χ2n) is 4.06. The Morgan fingerprint density at radius 2 is 1.60 bits per heavy atom. The van der Waals surface area contributed by atoms with Crippen molar-refractivity contribution in [2.24, 2.45) is 5.73 Å². The number of carbonyl (C=O) groups excluding carboxylic acids is 1. The van der Waals surface area contributed by atoms with Gasteiger partial charge in [-0.05, 0) is 24.1 Å². The van der Waals surface area contributed by atoms with E-state index in [-0.39, 0.29) is 6.07 Å². The van der Waals surface area contributed by atoms with Crippen LogP contribution in [-0.2, 0) is 23.6 Å². The molecular formula is C11H10F6N2O. The standard InChI is InChI=1S/C11H10F6N2O/c12-10(13,14)6-3-5(1-2-8(18)20)9(19)7(4-6)11(15,16)17/h3-4H,1-2,19H2,(H2,18,20). The highest BCUT2D eigenvalue weighted by atomic mass is 19.4. The highest BCUT2D eigenvalue weighted by Crippen LogP contribution is 2.40. The third-order valence-corrected chi connectivity index (χ3v) is 2.54. The summed E-state index contributed by atoms with van der Waals surface area (Å²) in [5.41, 5.74) is 5.75. The molecule has 0 saturated heterocycles. The Kier molecular flexibility index (Phi) is 4.21. The maximum absolute atomic E-state index is 12.7. The van der Waals surface area contributed by atoms with Gasteiger partial charge >= 0.3 is 12.4 Å². The minimum Gasteiger partial charge on any atom is -0.398 e. The fourth-order valence-corrected chi connectivity index (χ4v) is 1.58. The van der Waals surface area contributed by atoms with E-state index in [4.69, 9.17) is 11.5 Å². The first-order valence-electron chi connectivity index (χ1n) is 5.28. The summed E-state index contributed by atoms with van der Waals surface area (Å²) in [5, 5.41) is 0. The highest BCUT2D eigenvalue weighted by Gasteiger charge is 2.38. The molecule has 0 aliphatic heterocycles. The lowest BCUT2D eigenvalue weighted by Crippen LogP contribution is -2.17. The Morgan fingerprint density at radius 1 is 1.05 bits per heavy atom. The van der Waals surface area contributed by atoms with E-state index in [0.29, 0.717) is 6.07 Å². The number of nitrogens with two attached hydrogens (primary N) is 2. The normalized spacial score (nSPS) is 12.5. The van der Waals surface area contributed by atoms with Crippen molar-refractivity contribution in [1.29, 1.82) is 0 Å². The number of hydrogen-bond donors (Lipinski definition) is 2. The molecule has 0 unspecified atom stereocenters. The van der Waals surface area contributed by atoms with Crippen LogP contribution in [0.2, 0.25) is 0 Å². The molecule has 4 N–H and O–H groups in total. The van der Waals surface area contributed by atoms with Crippen LogP contribution in [0.15, 0.2) is 12.1 Å². The molecule has 1 aromatic carbocycles. The average molecular weight is 300 g/mol. The third-order valence-electron chi connectivity index (χ3n) is 2.54. The second kappa shape index (κ2) is 5.22. The average Bonchev–Trinajstić information content (AvgIpc) is 2.24. The minimum absolute atomic E-state index is 0.0525. The summed E-state index contributed by atoms with van der Waals surface area (Å²) in [6, 6.07) is 0.441. The van der Waals surface area contributed by atoms with E-state index in [0.717, 1.165) is 0 Å². The lowest BCUT2D eigenvalue weighted by Gasteiger charge is -2.17. The molecule has 0 aliphatic carbocycles. The second-order valence-corrected chi connectivity index (χ2v) is 4.06. The minimum atomic E-state index is -5.02. The molecule has 0 aromatic heterocycles. The Morgan fingerprint density at radius 3 is 2.00 bits per heavy atom. The number of aryl methyl sites for hydroxylation is 1. The van der Waals surface area contributed by atoms with Gasteiger partial charge in [-0.2, -0.15) is 26.3 Å². The molecule has 1 amide bonds. The zero-order valence-corrected chi connectivity index (χ0v) is 9.90. The van der Waals surface area contributed by atoms with Crippen molar-refractivity contribution in [3.63, 3.8) is 0 Å². The molecule has 20 heavy (non-hydrogen) atoms. The molecule has 0 aliphatic rings. The van der Waals surface area contributed by atoms with Crippen LogP contribution < -0.4 is 11.5 Å². The van der Waals surface area contributed by atoms with Crippen LogP contribution in [-0.4, -0.2) is 5.91 Å². The molecular weight excluding hydrogens is 290 g/mol. The maximum Gasteiger partial charge on any atom is 0.418 e. The van der Waals surface area contributed by atoms with Gasteiger partial charge in [0.25, 0.3) is 0 Å². The Balaban J connectivity index is 3.39. The first-order valence-corrected chi connectivity index (χ1v) is 5.28. The molecule has 9 heteroatoms. The summed E-state index contributed by atoms with van der Waals surface area (Å²) < 4.78 is 75.7. The number of rotatable bonds is 3. The lowest BCUT2D eigenvalue weighted by atomic mass is 9.98. The summed E-state index contributed by atoms with van der Waals surface area (Å²) in [7, 11) is 0. The summed E-state index contributed by atoms with van der Waals surface area (Å²) >= 11 is 0. The van der Waals surface area contributed by atoms with Crippen molar-refractivity contribution in [2.75, 3.05) is 5.73 Å². The molecule has 0 radical (unpaired) electrons. The smallest absolute Gasteiger partial charge is 0.398 e. The van der Waals surface area contributed by atoms with E-state index in [1.807, 2.05) is 0 Å². The summed E-state index contributed by atoms with van der Waals surface area (Å²) in [6.07, 6.45) is -10.8. The molecule has 3 nitrogen and oxygen atoms in total. The molecule has 112 valence electrons. The Bertz CT molecular complexity index is 521. The van der Waals surface area contributed by atoms with E-state index < -0.39 is 53.5 Å². The Labute approximate surface area is 109 Å². The predicted molar refractivity (Wildman–Crippen MR) is 58.4 cm³/mol. The zero-order chi connectivity index (χ0) is 15.7. The summed E-state index contributed by atoms with van der Waals surface area (Å²) in [4.78, 5) is 10.6. The van der Waals surface area contributed by atoms with Gasteiger partial charge in [-0.1, -0.05) is 0 Å². The SMILES string of the molecule is NC(=O)CCc1cc(C(F)(F)F)cc(C(F)(F)F)c1N. The van der Waals surface area contributed by atoms with E-state index in [9.17, 15) is 31.1 Å². The van der Waals surface area contributed by atoms with Gasteiger partial charge in [-0.3, -0.25) is 4.79 Å². The third kappa shape index (κ3) is 3.78. The van der Waals surface area contributed by atoms with Gasteiger partial charge in [-0.15, -0.1) is 0 Å². The number of anilines is 1. The number of benzene rings is 1. The predicted octanol–water partition coefficient (Wildman–Crippen LogP) is 2.72. The summed E-state index contributed by atoms with van der Waals surface area (Å²) in [5.74, 6) is -0.852. The number of halogens is 6. The van der Waals surface area contributed by atoms with Gasteiger partial charge in [0.15, 0.2) is 0 Å². The molecule has 1 rings (SSSR count). The maximum atomic E-state index is 12.7. The van der Waals surface area contributed by atoms with Crippen LogP contribution in [0, 0.1) is 0 Å². The number of alkyl halides is 6. The van der Waals surface area contributed by atoms with Crippen molar-refractivity contribution in [2.45, 2.75) is 25.2 Å². The first kappa shape index (κ1) is 16.1. The lowest BCUT2D eigenvalue weighted by molar-refractivity contribution is -0.142. The molecule has 0 bridgehead atoms. The fraction of sp³-hybridized carbons (Fsp3) is 0.364. The summed E-state index contributed by atoms with van der Waals surface area (Å²) in [6.45, 7) is 0. The molecule has 0 spiro atoms. The first-order chi connectivity index (χ1) is 8.93. The van der Waals surface area contributed by atoms with Gasteiger partial charge in [0.1, 0.15) is 0 Å². The largest absolute Gasteiger partial charge is 0.418 e. The van der Waals surface area contributed by atoms with E-state index in [2.05, 4.69) is 0 Å². The molecule has 1 aromatic rings. The van der Waals surface area contributed by atoms with Crippen LogP contribution in [0.5, 0.6) is 0 Å². The number of carbonyl (C=O) groups is 1. The van der Waals surface area contributed by atoms with Crippen molar-refractivity contribution >= 4 is 11.6 Å². The zero-order valence-electron chi connectivity index (χ0n) is 9.90. The van der Waals surface area contributed by atoms with Crippen molar-refractivity contribution < 1.29 is 31.1 Å². The quantitative estimate of drug-likeness (QED) is 0.665. The van der Waals surface area contributed by atoms with E-state index in [1.54, 1.807) is 0 Å². The number of hydrogen-bond acceptors (Lipinski definition) is 2. The van der Waals surface area contributed by atoms with Crippen molar-refractivity contribution in [3.05, 3.63) is 28.8 Å². The Hall–Kier alpha value is -1.93. The monoisotopic (exact) mass is 300 g/mol. The van der Waals surface area contributed by atoms with Gasteiger partial charge in [0.05, 0.1) is 11.1 Å². The van der Waals surface area contributed by atoms with Crippen molar-refractivity contribution in [3.8, 4) is 0 Å². The van der Waals surface area contributed by atoms with Gasteiger partial charge in [0.2, 0.25) is 5.91 Å². The van der Waals surface area contributed by atoms with Gasteiger partial charge in [-0.25, -0.2) is 0 Å². The van der Waals surface area contributed by atoms with Crippen LogP contribution in [0.3, 0.4) is 0 Å². The van der Waals surface area contributed by atoms with Gasteiger partial charge in [0, 0.05) is 12.1 Å². The molecule has 0 fully saturated rings. The molecule has 0 saturated carbocycles. The highest BCUT2D eigenvalue weighted by molar-refractivity contribution is 5.74. The molecule has 0 atom stereocenters. The fourth-order valence-electron chi connectivity index (χ4n) is 1.58. The molecule has 0 heterocycles. The number of primary amides is 1. The van der Waals surface area contributed by atoms with E-state index in [1.165, 1.54) is 0 Å². The van der Waals surface area contributed by atoms with Crippen LogP contribution >= 0.6 is 0 Å². The topological polar surface area (TPSA) is 69.1 Å². The van der Waals surface area contributed by atoms with Gasteiger partial charge < -0.3 is 11.5 Å². The van der Waals surface area contributed by atoms with Crippen molar-refractivity contribution in [1.82, 2.24) is 0 Å².